The van der Waals surface area contributed by atoms with Crippen molar-refractivity contribution < 1.29 is 0 Å². The third-order valence-corrected chi connectivity index (χ3v) is 14.2. The van der Waals surface area contributed by atoms with Gasteiger partial charge in [0.05, 0.1) is 5.41 Å². The van der Waals surface area contributed by atoms with Crippen molar-refractivity contribution in [3.05, 3.63) is 247 Å². The van der Waals surface area contributed by atoms with Gasteiger partial charge in [-0.2, -0.15) is 0 Å². The van der Waals surface area contributed by atoms with E-state index in [1.807, 2.05) is 0 Å². The smallest absolute Gasteiger partial charge is 0.0726 e. The molecule has 0 radical (unpaired) electrons. The van der Waals surface area contributed by atoms with Crippen LogP contribution in [0.5, 0.6) is 0 Å². The first-order chi connectivity index (χ1) is 30.7. The number of nitrogens with zero attached hydrogens (tertiary/aromatic N) is 1. The maximum absolute atomic E-state index is 2.51. The maximum atomic E-state index is 2.51. The van der Waals surface area contributed by atoms with E-state index >= 15 is 0 Å². The van der Waals surface area contributed by atoms with Crippen LogP contribution in [0.2, 0.25) is 0 Å². The van der Waals surface area contributed by atoms with E-state index in [-0.39, 0.29) is 0 Å². The summed E-state index contributed by atoms with van der Waals surface area (Å²) in [6.07, 6.45) is 0. The quantitative estimate of drug-likeness (QED) is 0.161. The Morgan fingerprint density at radius 1 is 0.258 bits per heavy atom. The molecule has 0 N–H and O–H groups in total. The van der Waals surface area contributed by atoms with Gasteiger partial charge in [-0.1, -0.05) is 182 Å². The summed E-state index contributed by atoms with van der Waals surface area (Å²) >= 11 is 0. The molecule has 0 amide bonds. The van der Waals surface area contributed by atoms with Gasteiger partial charge in [0.2, 0.25) is 0 Å². The van der Waals surface area contributed by atoms with Gasteiger partial charge in [0, 0.05) is 17.1 Å². The Labute approximate surface area is 360 Å². The minimum absolute atomic E-state index is 0.439. The van der Waals surface area contributed by atoms with E-state index in [0.29, 0.717) is 0 Å². The summed E-state index contributed by atoms with van der Waals surface area (Å²) in [5.41, 5.74) is 21.1. The first kappa shape index (κ1) is 33.8. The first-order valence-electron chi connectivity index (χ1n) is 21.7. The van der Waals surface area contributed by atoms with Crippen LogP contribution in [0.3, 0.4) is 0 Å². The van der Waals surface area contributed by atoms with E-state index in [1.165, 1.54) is 110 Å². The highest BCUT2D eigenvalue weighted by Crippen LogP contribution is 2.63. The Kier molecular flexibility index (Phi) is 6.82. The Morgan fingerprint density at radius 2 is 0.758 bits per heavy atom. The molecule has 0 bridgehead atoms. The van der Waals surface area contributed by atoms with Gasteiger partial charge >= 0.3 is 0 Å². The predicted octanol–water partition coefficient (Wildman–Crippen LogP) is 16.3. The summed E-state index contributed by atoms with van der Waals surface area (Å²) in [5, 5.41) is 7.69. The Hall–Kier alpha value is -8.00. The van der Waals surface area contributed by atoms with E-state index in [2.05, 4.69) is 229 Å². The molecule has 62 heavy (non-hydrogen) atoms. The van der Waals surface area contributed by atoms with Crippen LogP contribution >= 0.6 is 0 Å². The Balaban J connectivity index is 1.01. The molecular weight excluding hydrogens is 747 g/mol. The van der Waals surface area contributed by atoms with Gasteiger partial charge in [0.15, 0.2) is 0 Å². The fourth-order valence-corrected chi connectivity index (χ4v) is 11.6. The first-order valence-corrected chi connectivity index (χ1v) is 21.7. The SMILES string of the molecule is c1cc(-c2ccc3ccc4ccccc4c3c2)cc(N(c2ccc3c(c2)-c2cccc4cccc-3c24)c2ccc3c(c2)C2(c4ccccc4-c4ccccc42)c2ccccc2-3)c1. The zero-order valence-corrected chi connectivity index (χ0v) is 33.8. The summed E-state index contributed by atoms with van der Waals surface area (Å²) in [6, 6.07) is 84.3. The minimum atomic E-state index is -0.439. The largest absolute Gasteiger partial charge is 0.310 e. The number of benzene rings is 11. The maximum Gasteiger partial charge on any atom is 0.0726 e. The lowest BCUT2D eigenvalue weighted by molar-refractivity contribution is 0.793. The predicted molar refractivity (Wildman–Crippen MR) is 260 cm³/mol. The van der Waals surface area contributed by atoms with Crippen molar-refractivity contribution >= 4 is 49.4 Å². The van der Waals surface area contributed by atoms with Gasteiger partial charge in [-0.05, 0) is 153 Å². The molecule has 1 spiro atoms. The van der Waals surface area contributed by atoms with Crippen LogP contribution in [0.25, 0.3) is 88.0 Å². The average Bonchev–Trinajstić information content (AvgIpc) is 3.94. The topological polar surface area (TPSA) is 3.24 Å². The van der Waals surface area contributed by atoms with Crippen molar-refractivity contribution in [2.75, 3.05) is 4.90 Å². The van der Waals surface area contributed by atoms with Crippen LogP contribution in [-0.4, -0.2) is 0 Å². The molecule has 0 aliphatic heterocycles. The lowest BCUT2D eigenvalue weighted by atomic mass is 9.70. The second-order valence-corrected chi connectivity index (χ2v) is 17.2. The van der Waals surface area contributed by atoms with Crippen molar-refractivity contribution in [2.45, 2.75) is 5.41 Å². The highest BCUT2D eigenvalue weighted by molar-refractivity contribution is 6.16. The van der Waals surface area contributed by atoms with E-state index in [4.69, 9.17) is 0 Å². The molecule has 0 saturated heterocycles. The van der Waals surface area contributed by atoms with Crippen LogP contribution in [0, 0.1) is 0 Å². The Morgan fingerprint density at radius 3 is 1.48 bits per heavy atom. The van der Waals surface area contributed by atoms with Crippen molar-refractivity contribution in [3.8, 4) is 55.6 Å². The molecule has 286 valence electrons. The molecular formula is C61H37N. The summed E-state index contributed by atoms with van der Waals surface area (Å²) in [4.78, 5) is 2.49. The third-order valence-electron chi connectivity index (χ3n) is 14.2. The lowest BCUT2D eigenvalue weighted by Crippen LogP contribution is -2.26. The fourth-order valence-electron chi connectivity index (χ4n) is 11.6. The fraction of sp³-hybridized carbons (Fsp3) is 0.0164. The summed E-state index contributed by atoms with van der Waals surface area (Å²) in [7, 11) is 0. The summed E-state index contributed by atoms with van der Waals surface area (Å²) < 4.78 is 0. The number of hydrogen-bond donors (Lipinski definition) is 0. The van der Waals surface area contributed by atoms with Crippen LogP contribution in [0.4, 0.5) is 17.1 Å². The van der Waals surface area contributed by atoms with Crippen molar-refractivity contribution in [1.82, 2.24) is 0 Å². The monoisotopic (exact) mass is 783 g/mol. The molecule has 14 rings (SSSR count). The van der Waals surface area contributed by atoms with E-state index < -0.39 is 5.41 Å². The van der Waals surface area contributed by atoms with E-state index in [0.717, 1.165) is 17.1 Å². The van der Waals surface area contributed by atoms with Gasteiger partial charge in [-0.3, -0.25) is 0 Å². The molecule has 0 saturated carbocycles. The molecule has 0 heterocycles. The van der Waals surface area contributed by atoms with Crippen LogP contribution in [0.1, 0.15) is 22.3 Å². The lowest BCUT2D eigenvalue weighted by Gasteiger charge is -2.32. The zero-order chi connectivity index (χ0) is 40.5. The molecule has 1 nitrogen and oxygen atoms in total. The summed E-state index contributed by atoms with van der Waals surface area (Å²) in [5.74, 6) is 0. The van der Waals surface area contributed by atoms with Crippen molar-refractivity contribution in [2.24, 2.45) is 0 Å². The van der Waals surface area contributed by atoms with E-state index in [9.17, 15) is 0 Å². The molecule has 1 heteroatoms. The van der Waals surface area contributed by atoms with Crippen LogP contribution in [0.15, 0.2) is 224 Å². The van der Waals surface area contributed by atoms with Crippen LogP contribution in [-0.2, 0) is 5.41 Å². The molecule has 0 aromatic heterocycles. The molecule has 3 aliphatic carbocycles. The number of anilines is 3. The van der Waals surface area contributed by atoms with Gasteiger partial charge in [-0.25, -0.2) is 0 Å². The highest BCUT2D eigenvalue weighted by Gasteiger charge is 2.51. The number of rotatable bonds is 4. The normalized spacial score (nSPS) is 13.3. The zero-order valence-electron chi connectivity index (χ0n) is 33.8. The third kappa shape index (κ3) is 4.47. The molecule has 11 aromatic rings. The number of hydrogen-bond acceptors (Lipinski definition) is 1. The number of fused-ring (bicyclic) bond motifs is 16. The van der Waals surface area contributed by atoms with Crippen molar-refractivity contribution in [1.29, 1.82) is 0 Å². The van der Waals surface area contributed by atoms with Crippen molar-refractivity contribution in [3.63, 3.8) is 0 Å². The second kappa shape index (κ2) is 12.5. The molecule has 0 fully saturated rings. The molecule has 0 unspecified atom stereocenters. The van der Waals surface area contributed by atoms with Gasteiger partial charge < -0.3 is 4.90 Å². The van der Waals surface area contributed by atoms with Gasteiger partial charge in [0.25, 0.3) is 0 Å². The van der Waals surface area contributed by atoms with E-state index in [1.54, 1.807) is 0 Å². The Bertz CT molecular complexity index is 3650. The van der Waals surface area contributed by atoms with Gasteiger partial charge in [-0.15, -0.1) is 0 Å². The molecule has 3 aliphatic rings. The molecule has 11 aromatic carbocycles. The summed E-state index contributed by atoms with van der Waals surface area (Å²) in [6.45, 7) is 0. The minimum Gasteiger partial charge on any atom is -0.310 e. The average molecular weight is 784 g/mol. The standard InChI is InChI=1S/C61H37N/c1-2-17-46-38(12-1)26-27-39-28-29-42(35-54(39)46)41-15-9-16-43(34-41)62(44-30-32-47-52-21-10-13-40-14-11-22-53(60(40)52)55(47)36-44)45-31-33-51-50-20-5-8-25-58(50)61(59(51)37-45)56-23-6-3-18-48(56)49-19-4-7-24-57(49)61/h1-37H. The molecule has 0 atom stereocenters. The second-order valence-electron chi connectivity index (χ2n) is 17.2. The highest BCUT2D eigenvalue weighted by atomic mass is 15.1. The van der Waals surface area contributed by atoms with Crippen LogP contribution < -0.4 is 4.90 Å². The van der Waals surface area contributed by atoms with Gasteiger partial charge in [0.1, 0.15) is 0 Å².